The predicted molar refractivity (Wildman–Crippen MR) is 78.8 cm³/mol. The van der Waals surface area contributed by atoms with Crippen LogP contribution in [0.5, 0.6) is 0 Å². The first-order chi connectivity index (χ1) is 9.92. The second-order valence-corrected chi connectivity index (χ2v) is 4.62. The van der Waals surface area contributed by atoms with E-state index in [1.165, 1.54) is 24.3 Å². The Bertz CT molecular complexity index is 770. The Hall–Kier alpha value is -2.78. The third kappa shape index (κ3) is 3.04. The molecule has 5 N–H and O–H groups in total. The summed E-state index contributed by atoms with van der Waals surface area (Å²) in [5.41, 5.74) is 11.3. The number of primary amides is 1. The molecule has 0 saturated carbocycles. The van der Waals surface area contributed by atoms with E-state index in [2.05, 4.69) is 5.32 Å². The lowest BCUT2D eigenvalue weighted by molar-refractivity contribution is 0.100. The number of hydrogen-bond acceptors (Lipinski definition) is 4. The van der Waals surface area contributed by atoms with Gasteiger partial charge in [0.15, 0.2) is 0 Å². The zero-order chi connectivity index (χ0) is 15.6. The first-order valence-corrected chi connectivity index (χ1v) is 6.15. The van der Waals surface area contributed by atoms with Gasteiger partial charge in [0.2, 0.25) is 0 Å². The maximum Gasteiger partial charge on any atom is 0.250 e. The minimum atomic E-state index is -0.771. The topological polar surface area (TPSA) is 105 Å². The fourth-order valence-electron chi connectivity index (χ4n) is 1.73. The molecule has 0 bridgehead atoms. The summed E-state index contributed by atoms with van der Waals surface area (Å²) >= 11 is 5.98. The highest BCUT2D eigenvalue weighted by molar-refractivity contribution is 6.33. The van der Waals surface area contributed by atoms with E-state index in [0.717, 1.165) is 6.07 Å². The lowest BCUT2D eigenvalue weighted by atomic mass is 10.1. The van der Waals surface area contributed by atoms with Crippen molar-refractivity contribution in [2.75, 3.05) is 11.1 Å². The van der Waals surface area contributed by atoms with Crippen LogP contribution >= 0.6 is 11.6 Å². The Balaban J connectivity index is 2.47. The first-order valence-electron chi connectivity index (χ1n) is 5.78. The molecular weight excluding hydrogens is 295 g/mol. The van der Waals surface area contributed by atoms with Crippen molar-refractivity contribution in [3.05, 3.63) is 52.3 Å². The minimum Gasteiger partial charge on any atom is -0.398 e. The molecule has 21 heavy (non-hydrogen) atoms. The van der Waals surface area contributed by atoms with Gasteiger partial charge in [-0.1, -0.05) is 11.6 Å². The van der Waals surface area contributed by atoms with Crippen molar-refractivity contribution in [1.82, 2.24) is 0 Å². The molecule has 1 amide bonds. The molecule has 0 spiro atoms. The van der Waals surface area contributed by atoms with E-state index in [4.69, 9.17) is 28.3 Å². The third-order valence-electron chi connectivity index (χ3n) is 2.77. The van der Waals surface area contributed by atoms with Gasteiger partial charge in [-0.25, -0.2) is 4.39 Å². The number of halogens is 2. The van der Waals surface area contributed by atoms with Gasteiger partial charge in [0.25, 0.3) is 5.91 Å². The van der Waals surface area contributed by atoms with Gasteiger partial charge in [-0.05, 0) is 30.3 Å². The van der Waals surface area contributed by atoms with Gasteiger partial charge in [0.05, 0.1) is 33.6 Å². The zero-order valence-electron chi connectivity index (χ0n) is 10.7. The number of nitrogens with zero attached hydrogens (tertiary/aromatic N) is 1. The zero-order valence-corrected chi connectivity index (χ0v) is 11.4. The van der Waals surface area contributed by atoms with Gasteiger partial charge < -0.3 is 16.8 Å². The summed E-state index contributed by atoms with van der Waals surface area (Å²) in [5.74, 6) is -1.44. The summed E-state index contributed by atoms with van der Waals surface area (Å²) in [7, 11) is 0. The van der Waals surface area contributed by atoms with E-state index in [1.807, 2.05) is 6.07 Å². The first kappa shape index (κ1) is 14.6. The molecule has 0 fully saturated rings. The number of anilines is 3. The fourth-order valence-corrected chi connectivity index (χ4v) is 1.90. The largest absolute Gasteiger partial charge is 0.398 e. The standard InChI is InChI=1S/C14H10ClFN4O/c15-9-2-1-7(6-17)3-12(9)20-13-4-8(14(19)21)11(18)5-10(13)16/h1-5,20H,18H2,(H2,19,21). The van der Waals surface area contributed by atoms with Gasteiger partial charge >= 0.3 is 0 Å². The number of carbonyl (C=O) groups excluding carboxylic acids is 1. The molecule has 106 valence electrons. The van der Waals surface area contributed by atoms with Crippen LogP contribution in [-0.2, 0) is 0 Å². The molecule has 0 atom stereocenters. The van der Waals surface area contributed by atoms with E-state index in [9.17, 15) is 9.18 Å². The summed E-state index contributed by atoms with van der Waals surface area (Å²) < 4.78 is 13.9. The Kier molecular flexibility index (Phi) is 3.96. The molecule has 0 heterocycles. The molecule has 0 aliphatic heterocycles. The number of rotatable bonds is 3. The number of nitrogen functional groups attached to an aromatic ring is 1. The van der Waals surface area contributed by atoms with Gasteiger partial charge in [0.1, 0.15) is 5.82 Å². The molecular formula is C14H10ClFN4O. The number of hydrogen-bond donors (Lipinski definition) is 3. The van der Waals surface area contributed by atoms with Crippen molar-refractivity contribution in [3.8, 4) is 6.07 Å². The maximum absolute atomic E-state index is 13.9. The van der Waals surface area contributed by atoms with Gasteiger partial charge in [-0.2, -0.15) is 5.26 Å². The quantitative estimate of drug-likeness (QED) is 0.758. The van der Waals surface area contributed by atoms with E-state index in [-0.39, 0.29) is 16.9 Å². The average molecular weight is 305 g/mol. The number of nitrogens with one attached hydrogen (secondary N) is 1. The number of nitriles is 1. The van der Waals surface area contributed by atoms with Crippen molar-refractivity contribution in [1.29, 1.82) is 5.26 Å². The SMILES string of the molecule is N#Cc1ccc(Cl)c(Nc2cc(C(N)=O)c(N)cc2F)c1. The Morgan fingerprint density at radius 2 is 2.00 bits per heavy atom. The Morgan fingerprint density at radius 3 is 2.62 bits per heavy atom. The van der Waals surface area contributed by atoms with Crippen molar-refractivity contribution in [2.45, 2.75) is 0 Å². The summed E-state index contributed by atoms with van der Waals surface area (Å²) in [4.78, 5) is 11.2. The summed E-state index contributed by atoms with van der Waals surface area (Å²) in [5, 5.41) is 11.9. The Labute approximate surface area is 124 Å². The second-order valence-electron chi connectivity index (χ2n) is 4.21. The lowest BCUT2D eigenvalue weighted by Gasteiger charge is -2.12. The molecule has 5 nitrogen and oxygen atoms in total. The summed E-state index contributed by atoms with van der Waals surface area (Å²) in [6.45, 7) is 0. The predicted octanol–water partition coefficient (Wildman–Crippen LogP) is 2.78. The highest BCUT2D eigenvalue weighted by atomic mass is 35.5. The van der Waals surface area contributed by atoms with Gasteiger partial charge in [-0.3, -0.25) is 4.79 Å². The van der Waals surface area contributed by atoms with Gasteiger partial charge in [0, 0.05) is 5.69 Å². The van der Waals surface area contributed by atoms with Crippen LogP contribution < -0.4 is 16.8 Å². The van der Waals surface area contributed by atoms with Crippen LogP contribution in [0.3, 0.4) is 0 Å². The molecule has 0 aliphatic rings. The molecule has 0 saturated heterocycles. The molecule has 0 radical (unpaired) electrons. The van der Waals surface area contributed by atoms with Crippen LogP contribution in [0, 0.1) is 17.1 Å². The summed E-state index contributed by atoms with van der Waals surface area (Å²) in [6.07, 6.45) is 0. The lowest BCUT2D eigenvalue weighted by Crippen LogP contribution is -2.14. The van der Waals surface area contributed by atoms with Crippen LogP contribution in [0.1, 0.15) is 15.9 Å². The molecule has 2 rings (SSSR count). The number of benzene rings is 2. The van der Waals surface area contributed by atoms with Crippen LogP contribution in [0.4, 0.5) is 21.5 Å². The molecule has 2 aromatic carbocycles. The monoisotopic (exact) mass is 304 g/mol. The van der Waals surface area contributed by atoms with Crippen LogP contribution in [0.25, 0.3) is 0 Å². The van der Waals surface area contributed by atoms with Crippen molar-refractivity contribution in [3.63, 3.8) is 0 Å². The van der Waals surface area contributed by atoms with Crippen molar-refractivity contribution >= 4 is 34.6 Å². The minimum absolute atomic E-state index is 0.00791. The number of amides is 1. The molecule has 0 aliphatic carbocycles. The van der Waals surface area contributed by atoms with Crippen LogP contribution in [0.15, 0.2) is 30.3 Å². The van der Waals surface area contributed by atoms with Crippen LogP contribution in [-0.4, -0.2) is 5.91 Å². The van der Waals surface area contributed by atoms with E-state index < -0.39 is 11.7 Å². The Morgan fingerprint density at radius 1 is 1.29 bits per heavy atom. The summed E-state index contributed by atoms with van der Waals surface area (Å²) in [6, 6.07) is 8.63. The van der Waals surface area contributed by atoms with Crippen LogP contribution in [0.2, 0.25) is 5.02 Å². The van der Waals surface area contributed by atoms with E-state index >= 15 is 0 Å². The molecule has 0 aromatic heterocycles. The molecule has 2 aromatic rings. The second kappa shape index (κ2) is 5.69. The van der Waals surface area contributed by atoms with E-state index in [1.54, 1.807) is 0 Å². The molecule has 0 unspecified atom stereocenters. The highest BCUT2D eigenvalue weighted by Gasteiger charge is 2.13. The molecule has 7 heteroatoms. The highest BCUT2D eigenvalue weighted by Crippen LogP contribution is 2.29. The number of nitrogens with two attached hydrogens (primary N) is 2. The average Bonchev–Trinajstić information content (AvgIpc) is 2.43. The third-order valence-corrected chi connectivity index (χ3v) is 3.10. The number of carbonyl (C=O) groups is 1. The van der Waals surface area contributed by atoms with Crippen molar-refractivity contribution in [2.24, 2.45) is 5.73 Å². The fraction of sp³-hybridized carbons (Fsp3) is 0. The van der Waals surface area contributed by atoms with Gasteiger partial charge in [-0.15, -0.1) is 0 Å². The smallest absolute Gasteiger partial charge is 0.250 e. The van der Waals surface area contributed by atoms with E-state index in [0.29, 0.717) is 16.3 Å². The van der Waals surface area contributed by atoms with Crippen molar-refractivity contribution < 1.29 is 9.18 Å². The maximum atomic E-state index is 13.9. The normalized spacial score (nSPS) is 9.95.